The van der Waals surface area contributed by atoms with Crippen LogP contribution < -0.4 is 5.73 Å². The molecule has 0 aromatic heterocycles. The van der Waals surface area contributed by atoms with E-state index >= 15 is 0 Å². The van der Waals surface area contributed by atoms with Crippen LogP contribution in [0.2, 0.25) is 0 Å². The molecule has 112 valence electrons. The van der Waals surface area contributed by atoms with Gasteiger partial charge in [-0.25, -0.2) is 0 Å². The van der Waals surface area contributed by atoms with E-state index in [1.807, 2.05) is 6.07 Å². The van der Waals surface area contributed by atoms with Gasteiger partial charge in [0.2, 0.25) is 0 Å². The molecule has 2 aromatic rings. The van der Waals surface area contributed by atoms with Crippen LogP contribution in [0.4, 0.5) is 0 Å². The molecule has 0 aliphatic heterocycles. The molecule has 2 heteroatoms. The highest BCUT2D eigenvalue weighted by molar-refractivity contribution is 5.63. The van der Waals surface area contributed by atoms with Crippen molar-refractivity contribution in [1.82, 2.24) is 4.90 Å². The third-order valence-corrected chi connectivity index (χ3v) is 4.40. The molecule has 21 heavy (non-hydrogen) atoms. The van der Waals surface area contributed by atoms with Crippen molar-refractivity contribution in [1.29, 1.82) is 0 Å². The predicted octanol–water partition coefficient (Wildman–Crippen LogP) is 4.08. The number of nitrogens with two attached hydrogens (primary N) is 1. The smallest absolute Gasteiger partial charge is 0.0470 e. The molecule has 0 radical (unpaired) electrons. The van der Waals surface area contributed by atoms with Crippen LogP contribution in [0.25, 0.3) is 11.1 Å². The maximum atomic E-state index is 6.01. The summed E-state index contributed by atoms with van der Waals surface area (Å²) in [5, 5.41) is 0. The molecule has 2 atom stereocenters. The van der Waals surface area contributed by atoms with Gasteiger partial charge in [-0.3, -0.25) is 4.90 Å². The van der Waals surface area contributed by atoms with Crippen LogP contribution in [-0.2, 0) is 0 Å². The molecule has 2 unspecified atom stereocenters. The monoisotopic (exact) mass is 282 g/mol. The minimum absolute atomic E-state index is 0.282. The SMILES string of the molecule is CCC(C)N(C)C(CN)c1ccc(-c2ccccc2)cc1. The van der Waals surface area contributed by atoms with Crippen molar-refractivity contribution in [3.05, 3.63) is 60.2 Å². The second-order valence-electron chi connectivity index (χ2n) is 5.66. The molecule has 0 aliphatic rings. The van der Waals surface area contributed by atoms with Crippen molar-refractivity contribution >= 4 is 0 Å². The third kappa shape index (κ3) is 3.72. The Bertz CT molecular complexity index is 533. The van der Waals surface area contributed by atoms with Gasteiger partial charge in [-0.1, -0.05) is 61.5 Å². The van der Waals surface area contributed by atoms with Crippen molar-refractivity contribution in [3.8, 4) is 11.1 Å². The molecule has 0 spiro atoms. The quantitative estimate of drug-likeness (QED) is 0.865. The Morgan fingerprint density at radius 3 is 2.05 bits per heavy atom. The molecule has 0 fully saturated rings. The summed E-state index contributed by atoms with van der Waals surface area (Å²) in [5.41, 5.74) is 9.80. The van der Waals surface area contributed by atoms with Crippen LogP contribution in [-0.4, -0.2) is 24.5 Å². The third-order valence-electron chi connectivity index (χ3n) is 4.40. The Labute approximate surface area is 128 Å². The van der Waals surface area contributed by atoms with Gasteiger partial charge in [0.1, 0.15) is 0 Å². The largest absolute Gasteiger partial charge is 0.329 e. The molecule has 0 heterocycles. The second kappa shape index (κ2) is 7.39. The van der Waals surface area contributed by atoms with Crippen LogP contribution in [0, 0.1) is 0 Å². The van der Waals surface area contributed by atoms with Gasteiger partial charge in [0, 0.05) is 18.6 Å². The standard InChI is InChI=1S/C19H26N2/c1-4-15(2)21(3)19(14-20)18-12-10-17(11-13-18)16-8-6-5-7-9-16/h5-13,15,19H,4,14,20H2,1-3H3. The van der Waals surface area contributed by atoms with Crippen molar-refractivity contribution in [3.63, 3.8) is 0 Å². The molecule has 2 N–H and O–H groups in total. The van der Waals surface area contributed by atoms with Gasteiger partial charge in [-0.2, -0.15) is 0 Å². The van der Waals surface area contributed by atoms with Crippen molar-refractivity contribution in [2.24, 2.45) is 5.73 Å². The van der Waals surface area contributed by atoms with Gasteiger partial charge in [0.25, 0.3) is 0 Å². The summed E-state index contributed by atoms with van der Waals surface area (Å²) < 4.78 is 0. The minimum atomic E-state index is 0.282. The number of likely N-dealkylation sites (N-methyl/N-ethyl adjacent to an activating group) is 1. The molecule has 2 rings (SSSR count). The van der Waals surface area contributed by atoms with E-state index in [0.29, 0.717) is 12.6 Å². The molecule has 2 aromatic carbocycles. The van der Waals surface area contributed by atoms with Crippen LogP contribution in [0.3, 0.4) is 0 Å². The van der Waals surface area contributed by atoms with E-state index in [-0.39, 0.29) is 6.04 Å². The van der Waals surface area contributed by atoms with Crippen LogP contribution in [0.1, 0.15) is 31.9 Å². The average molecular weight is 282 g/mol. The predicted molar refractivity (Wildman–Crippen MR) is 91.2 cm³/mol. The van der Waals surface area contributed by atoms with Crippen LogP contribution in [0.5, 0.6) is 0 Å². The number of benzene rings is 2. The molecule has 0 saturated carbocycles. The molecule has 0 bridgehead atoms. The fraction of sp³-hybridized carbons (Fsp3) is 0.368. The van der Waals surface area contributed by atoms with E-state index in [1.54, 1.807) is 0 Å². The first-order chi connectivity index (χ1) is 10.2. The maximum absolute atomic E-state index is 6.01. The highest BCUT2D eigenvalue weighted by Crippen LogP contribution is 2.25. The highest BCUT2D eigenvalue weighted by atomic mass is 15.2. The fourth-order valence-corrected chi connectivity index (χ4v) is 2.66. The first kappa shape index (κ1) is 15.7. The zero-order valence-corrected chi connectivity index (χ0v) is 13.3. The molecule has 0 amide bonds. The van der Waals surface area contributed by atoms with Crippen molar-refractivity contribution < 1.29 is 0 Å². The lowest BCUT2D eigenvalue weighted by Crippen LogP contribution is -2.36. The Kier molecular flexibility index (Phi) is 5.54. The summed E-state index contributed by atoms with van der Waals surface area (Å²) >= 11 is 0. The van der Waals surface area contributed by atoms with Crippen molar-refractivity contribution in [2.45, 2.75) is 32.4 Å². The van der Waals surface area contributed by atoms with E-state index in [0.717, 1.165) is 6.42 Å². The van der Waals surface area contributed by atoms with Gasteiger partial charge in [-0.15, -0.1) is 0 Å². The Balaban J connectivity index is 2.21. The summed E-state index contributed by atoms with van der Waals surface area (Å²) in [6, 6.07) is 20.1. The lowest BCUT2D eigenvalue weighted by Gasteiger charge is -2.32. The van der Waals surface area contributed by atoms with Crippen LogP contribution >= 0.6 is 0 Å². The molecular formula is C19H26N2. The number of hydrogen-bond donors (Lipinski definition) is 1. The lowest BCUT2D eigenvalue weighted by molar-refractivity contribution is 0.185. The van der Waals surface area contributed by atoms with Gasteiger partial charge in [-0.05, 0) is 37.1 Å². The lowest BCUT2D eigenvalue weighted by atomic mass is 9.99. The van der Waals surface area contributed by atoms with Gasteiger partial charge in [0.05, 0.1) is 0 Å². The van der Waals surface area contributed by atoms with E-state index in [9.17, 15) is 0 Å². The van der Waals surface area contributed by atoms with E-state index in [1.165, 1.54) is 16.7 Å². The van der Waals surface area contributed by atoms with Crippen molar-refractivity contribution in [2.75, 3.05) is 13.6 Å². The van der Waals surface area contributed by atoms with E-state index in [2.05, 4.69) is 74.3 Å². The summed E-state index contributed by atoms with van der Waals surface area (Å²) in [6.45, 7) is 5.11. The van der Waals surface area contributed by atoms with Gasteiger partial charge >= 0.3 is 0 Å². The first-order valence-corrected chi connectivity index (χ1v) is 7.74. The number of hydrogen-bond acceptors (Lipinski definition) is 2. The molecular weight excluding hydrogens is 256 g/mol. The van der Waals surface area contributed by atoms with E-state index < -0.39 is 0 Å². The Morgan fingerprint density at radius 2 is 1.52 bits per heavy atom. The normalized spacial score (nSPS) is 14.1. The first-order valence-electron chi connectivity index (χ1n) is 7.74. The van der Waals surface area contributed by atoms with Gasteiger partial charge < -0.3 is 5.73 Å². The van der Waals surface area contributed by atoms with Crippen LogP contribution in [0.15, 0.2) is 54.6 Å². The van der Waals surface area contributed by atoms with Gasteiger partial charge in [0.15, 0.2) is 0 Å². The summed E-state index contributed by atoms with van der Waals surface area (Å²) in [7, 11) is 2.16. The Morgan fingerprint density at radius 1 is 0.952 bits per heavy atom. The molecule has 0 saturated heterocycles. The summed E-state index contributed by atoms with van der Waals surface area (Å²) in [4.78, 5) is 2.37. The molecule has 0 aliphatic carbocycles. The summed E-state index contributed by atoms with van der Waals surface area (Å²) in [5.74, 6) is 0. The fourth-order valence-electron chi connectivity index (χ4n) is 2.66. The topological polar surface area (TPSA) is 29.3 Å². The maximum Gasteiger partial charge on any atom is 0.0470 e. The minimum Gasteiger partial charge on any atom is -0.329 e. The second-order valence-corrected chi connectivity index (χ2v) is 5.66. The Hall–Kier alpha value is -1.64. The number of nitrogens with zero attached hydrogens (tertiary/aromatic N) is 1. The zero-order valence-electron chi connectivity index (χ0n) is 13.3. The highest BCUT2D eigenvalue weighted by Gasteiger charge is 2.19. The summed E-state index contributed by atoms with van der Waals surface area (Å²) in [6.07, 6.45) is 1.13. The number of rotatable bonds is 6. The van der Waals surface area contributed by atoms with E-state index in [4.69, 9.17) is 5.73 Å². The zero-order chi connectivity index (χ0) is 15.2. The molecule has 2 nitrogen and oxygen atoms in total. The average Bonchev–Trinajstić information content (AvgIpc) is 2.56.